The molecular formula is C24H26FN3O4S. The number of esters is 1. The number of benzene rings is 1. The molecule has 2 heterocycles. The third kappa shape index (κ3) is 4.50. The van der Waals surface area contributed by atoms with E-state index in [1.807, 2.05) is 0 Å². The third-order valence-electron chi connectivity index (χ3n) is 5.68. The van der Waals surface area contributed by atoms with Crippen molar-refractivity contribution in [2.45, 2.75) is 53.0 Å². The molecule has 3 aromatic rings. The molecule has 0 fully saturated rings. The Morgan fingerprint density at radius 2 is 1.94 bits per heavy atom. The van der Waals surface area contributed by atoms with Crippen LogP contribution in [0.15, 0.2) is 18.2 Å². The van der Waals surface area contributed by atoms with Crippen molar-refractivity contribution in [3.05, 3.63) is 45.7 Å². The Hall–Kier alpha value is -3.20. The fourth-order valence-electron chi connectivity index (χ4n) is 4.23. The van der Waals surface area contributed by atoms with Crippen LogP contribution >= 0.6 is 11.3 Å². The highest BCUT2D eigenvalue weighted by Crippen LogP contribution is 2.44. The zero-order valence-corrected chi connectivity index (χ0v) is 19.7. The van der Waals surface area contributed by atoms with E-state index in [0.717, 1.165) is 41.5 Å². The minimum atomic E-state index is -0.608. The molecule has 0 unspecified atom stereocenters. The van der Waals surface area contributed by atoms with Crippen molar-refractivity contribution in [2.24, 2.45) is 0 Å². The Balaban J connectivity index is 1.80. The van der Waals surface area contributed by atoms with E-state index < -0.39 is 17.7 Å². The van der Waals surface area contributed by atoms with Gasteiger partial charge in [-0.2, -0.15) is 0 Å². The lowest BCUT2D eigenvalue weighted by atomic mass is 9.96. The van der Waals surface area contributed by atoms with Crippen LogP contribution in [0.5, 0.6) is 0 Å². The molecule has 0 radical (unpaired) electrons. The summed E-state index contributed by atoms with van der Waals surface area (Å²) in [6.07, 6.45) is 3.88. The molecule has 2 aromatic heterocycles. The Morgan fingerprint density at radius 1 is 1.18 bits per heavy atom. The topological polar surface area (TPSA) is 89.4 Å². The number of amides is 2. The van der Waals surface area contributed by atoms with E-state index in [1.54, 1.807) is 41.9 Å². The van der Waals surface area contributed by atoms with E-state index in [9.17, 15) is 18.8 Å². The van der Waals surface area contributed by atoms with Crippen LogP contribution < -0.4 is 10.6 Å². The molecule has 7 nitrogen and oxygen atoms in total. The van der Waals surface area contributed by atoms with Gasteiger partial charge >= 0.3 is 5.97 Å². The van der Waals surface area contributed by atoms with Crippen molar-refractivity contribution in [1.29, 1.82) is 0 Å². The maximum atomic E-state index is 13.9. The minimum absolute atomic E-state index is 0.145. The number of fused-ring (bicyclic) bond motifs is 3. The number of rotatable bonds is 6. The van der Waals surface area contributed by atoms with Gasteiger partial charge in [-0.25, -0.2) is 9.18 Å². The molecule has 0 bridgehead atoms. The van der Waals surface area contributed by atoms with Crippen molar-refractivity contribution in [2.75, 3.05) is 17.2 Å². The van der Waals surface area contributed by atoms with Gasteiger partial charge in [0.15, 0.2) is 5.69 Å². The van der Waals surface area contributed by atoms with Crippen molar-refractivity contribution in [3.63, 3.8) is 0 Å². The molecule has 4 rings (SSSR count). The molecule has 9 heteroatoms. The Kier molecular flexibility index (Phi) is 6.51. The van der Waals surface area contributed by atoms with Gasteiger partial charge in [0.2, 0.25) is 11.8 Å². The molecule has 174 valence electrons. The van der Waals surface area contributed by atoms with Gasteiger partial charge in [0.25, 0.3) is 0 Å². The van der Waals surface area contributed by atoms with Crippen LogP contribution in [0.3, 0.4) is 0 Å². The number of aryl methyl sites for hydroxylation is 3. The first-order valence-electron chi connectivity index (χ1n) is 11.0. The number of ether oxygens (including phenoxy) is 1. The van der Waals surface area contributed by atoms with Gasteiger partial charge in [-0.1, -0.05) is 6.07 Å². The zero-order chi connectivity index (χ0) is 23.7. The lowest BCUT2D eigenvalue weighted by molar-refractivity contribution is -0.116. The summed E-state index contributed by atoms with van der Waals surface area (Å²) in [6.45, 7) is 4.70. The molecule has 0 spiro atoms. The van der Waals surface area contributed by atoms with E-state index in [-0.39, 0.29) is 24.8 Å². The minimum Gasteiger partial charge on any atom is -0.461 e. The summed E-state index contributed by atoms with van der Waals surface area (Å²) < 4.78 is 20.8. The largest absolute Gasteiger partial charge is 0.461 e. The molecule has 2 N–H and O–H groups in total. The third-order valence-corrected chi connectivity index (χ3v) is 7.00. The first kappa shape index (κ1) is 23.0. The van der Waals surface area contributed by atoms with Crippen LogP contribution in [0.25, 0.3) is 10.2 Å². The van der Waals surface area contributed by atoms with Crippen molar-refractivity contribution in [3.8, 4) is 0 Å². The van der Waals surface area contributed by atoms with Crippen LogP contribution in [0.4, 0.5) is 15.8 Å². The molecule has 0 saturated heterocycles. The standard InChI is InChI=1S/C24H26FN3O4S/c1-4-32-24(31)22-21(26-14(3)29)20-16-7-5-6-8-18(16)33-23(20)28(22)12-19(30)27-15-10-9-13(2)17(25)11-15/h9-11H,4-8,12H2,1-3H3,(H,26,29)(H,27,30). The Morgan fingerprint density at radius 3 is 2.64 bits per heavy atom. The molecule has 0 aliphatic heterocycles. The van der Waals surface area contributed by atoms with Crippen LogP contribution in [0.2, 0.25) is 0 Å². The van der Waals surface area contributed by atoms with Crippen molar-refractivity contribution in [1.82, 2.24) is 4.57 Å². The van der Waals surface area contributed by atoms with Gasteiger partial charge in [-0.3, -0.25) is 9.59 Å². The summed E-state index contributed by atoms with van der Waals surface area (Å²) in [4.78, 5) is 39.9. The number of halogens is 1. The number of thiophene rings is 1. The number of anilines is 2. The number of hydrogen-bond donors (Lipinski definition) is 2. The summed E-state index contributed by atoms with van der Waals surface area (Å²) in [5.41, 5.74) is 2.47. The van der Waals surface area contributed by atoms with Crippen LogP contribution in [-0.4, -0.2) is 29.0 Å². The van der Waals surface area contributed by atoms with Crippen LogP contribution in [0, 0.1) is 12.7 Å². The van der Waals surface area contributed by atoms with Gasteiger partial charge < -0.3 is 19.9 Å². The lowest BCUT2D eigenvalue weighted by Gasteiger charge is -2.14. The van der Waals surface area contributed by atoms with Gasteiger partial charge in [0.05, 0.1) is 12.3 Å². The number of hydrogen-bond acceptors (Lipinski definition) is 5. The molecule has 2 amide bonds. The van der Waals surface area contributed by atoms with E-state index in [0.29, 0.717) is 16.9 Å². The average molecular weight is 472 g/mol. The fourth-order valence-corrected chi connectivity index (χ4v) is 5.63. The molecule has 1 aliphatic carbocycles. The zero-order valence-electron chi connectivity index (χ0n) is 18.8. The summed E-state index contributed by atoms with van der Waals surface area (Å²) in [5, 5.41) is 6.32. The second-order valence-electron chi connectivity index (χ2n) is 8.11. The van der Waals surface area contributed by atoms with E-state index >= 15 is 0 Å². The molecule has 0 saturated carbocycles. The Labute approximate surface area is 194 Å². The van der Waals surface area contributed by atoms with E-state index in [4.69, 9.17) is 4.74 Å². The van der Waals surface area contributed by atoms with Gasteiger partial charge in [-0.15, -0.1) is 11.3 Å². The van der Waals surface area contributed by atoms with Crippen molar-refractivity contribution >= 4 is 50.7 Å². The quantitative estimate of drug-likeness (QED) is 0.505. The lowest BCUT2D eigenvalue weighted by Crippen LogP contribution is -2.23. The molecule has 1 aliphatic rings. The maximum Gasteiger partial charge on any atom is 0.357 e. The molecular weight excluding hydrogens is 445 g/mol. The smallest absolute Gasteiger partial charge is 0.357 e. The predicted octanol–water partition coefficient (Wildman–Crippen LogP) is 4.80. The second-order valence-corrected chi connectivity index (χ2v) is 9.20. The molecule has 1 aromatic carbocycles. The van der Waals surface area contributed by atoms with Gasteiger partial charge in [0.1, 0.15) is 17.2 Å². The fraction of sp³-hybridized carbons (Fsp3) is 0.375. The van der Waals surface area contributed by atoms with E-state index in [1.165, 1.54) is 17.9 Å². The first-order valence-corrected chi connectivity index (χ1v) is 11.8. The number of aromatic nitrogens is 1. The summed E-state index contributed by atoms with van der Waals surface area (Å²) in [7, 11) is 0. The number of nitrogens with one attached hydrogen (secondary N) is 2. The molecule has 33 heavy (non-hydrogen) atoms. The number of carbonyl (C=O) groups excluding carboxylic acids is 3. The van der Waals surface area contributed by atoms with Crippen LogP contribution in [0.1, 0.15) is 53.2 Å². The normalized spacial score (nSPS) is 13.0. The maximum absolute atomic E-state index is 13.9. The number of carbonyl (C=O) groups is 3. The second kappa shape index (κ2) is 9.35. The average Bonchev–Trinajstić information content (AvgIpc) is 3.26. The summed E-state index contributed by atoms with van der Waals surface area (Å²) >= 11 is 1.54. The Bertz CT molecular complexity index is 1260. The molecule has 0 atom stereocenters. The number of nitrogens with zero attached hydrogens (tertiary/aromatic N) is 1. The van der Waals surface area contributed by atoms with Crippen LogP contribution in [-0.2, 0) is 33.7 Å². The summed E-state index contributed by atoms with van der Waals surface area (Å²) in [5.74, 6) is -1.75. The van der Waals surface area contributed by atoms with Gasteiger partial charge in [0, 0.05) is 22.9 Å². The monoisotopic (exact) mass is 471 g/mol. The first-order chi connectivity index (χ1) is 15.8. The highest BCUT2D eigenvalue weighted by molar-refractivity contribution is 7.19. The van der Waals surface area contributed by atoms with Crippen molar-refractivity contribution < 1.29 is 23.5 Å². The SMILES string of the molecule is CCOC(=O)c1c(NC(C)=O)c2c3c(sc2n1CC(=O)Nc1ccc(C)c(F)c1)CCCC3. The highest BCUT2D eigenvalue weighted by Gasteiger charge is 2.31. The summed E-state index contributed by atoms with van der Waals surface area (Å²) in [6, 6.07) is 4.47. The van der Waals surface area contributed by atoms with E-state index in [2.05, 4.69) is 10.6 Å². The van der Waals surface area contributed by atoms with Gasteiger partial charge in [-0.05, 0) is 62.8 Å². The highest BCUT2D eigenvalue weighted by atomic mass is 32.1. The predicted molar refractivity (Wildman–Crippen MR) is 126 cm³/mol.